The second-order valence-electron chi connectivity index (χ2n) is 5.44. The molecule has 0 amide bonds. The fraction of sp³-hybridized carbons (Fsp3) is 1.00. The van der Waals surface area contributed by atoms with Gasteiger partial charge in [0, 0.05) is 19.6 Å². The Bertz CT molecular complexity index is 361. The summed E-state index contributed by atoms with van der Waals surface area (Å²) in [5, 5.41) is 0. The number of hydrogen-bond acceptors (Lipinski definition) is 3. The molecule has 1 heterocycles. The van der Waals surface area contributed by atoms with Crippen LogP contribution in [0.15, 0.2) is 0 Å². The van der Waals surface area contributed by atoms with Crippen molar-refractivity contribution >= 4 is 10.0 Å². The van der Waals surface area contributed by atoms with Gasteiger partial charge in [-0.1, -0.05) is 13.3 Å². The highest BCUT2D eigenvalue weighted by atomic mass is 32.2. The predicted octanol–water partition coefficient (Wildman–Crippen LogP) is 1.52. The molecule has 1 rings (SSSR count). The van der Waals surface area contributed by atoms with Gasteiger partial charge in [0.15, 0.2) is 0 Å². The molecule has 4 nitrogen and oxygen atoms in total. The van der Waals surface area contributed by atoms with Crippen molar-refractivity contribution in [2.75, 3.05) is 25.9 Å². The van der Waals surface area contributed by atoms with Gasteiger partial charge in [0.2, 0.25) is 10.0 Å². The maximum Gasteiger partial charge on any atom is 0.211 e. The minimum atomic E-state index is -3.15. The van der Waals surface area contributed by atoms with E-state index in [9.17, 15) is 12.8 Å². The summed E-state index contributed by atoms with van der Waals surface area (Å²) >= 11 is 0. The molecule has 6 heteroatoms. The fourth-order valence-electron chi connectivity index (χ4n) is 2.75. The topological polar surface area (TPSA) is 63.4 Å². The molecule has 0 aromatic carbocycles. The van der Waals surface area contributed by atoms with Crippen LogP contribution >= 0.6 is 0 Å². The quantitative estimate of drug-likeness (QED) is 0.802. The van der Waals surface area contributed by atoms with Crippen LogP contribution in [0, 0.1) is 5.92 Å². The molecule has 0 spiro atoms. The van der Waals surface area contributed by atoms with Crippen molar-refractivity contribution in [3.8, 4) is 0 Å². The molecule has 0 radical (unpaired) electrons. The van der Waals surface area contributed by atoms with Crippen LogP contribution in [0.5, 0.6) is 0 Å². The molecule has 0 bridgehead atoms. The third kappa shape index (κ3) is 4.48. The molecule has 0 aromatic rings. The van der Waals surface area contributed by atoms with Gasteiger partial charge in [-0.15, -0.1) is 0 Å². The van der Waals surface area contributed by atoms with Crippen LogP contribution in [0.1, 0.15) is 39.0 Å². The summed E-state index contributed by atoms with van der Waals surface area (Å²) in [4.78, 5) is 0. The Morgan fingerprint density at radius 3 is 2.67 bits per heavy atom. The highest BCUT2D eigenvalue weighted by Gasteiger charge is 2.34. The summed E-state index contributed by atoms with van der Waals surface area (Å²) in [5.74, 6) is 0.0913. The molecule has 108 valence electrons. The van der Waals surface area contributed by atoms with Gasteiger partial charge in [0.25, 0.3) is 0 Å². The average Bonchev–Trinajstić information content (AvgIpc) is 2.28. The summed E-state index contributed by atoms with van der Waals surface area (Å²) in [5.41, 5.74) is 4.19. The van der Waals surface area contributed by atoms with Gasteiger partial charge >= 0.3 is 0 Å². The summed E-state index contributed by atoms with van der Waals surface area (Å²) in [7, 11) is -3.15. The van der Waals surface area contributed by atoms with Crippen LogP contribution in [-0.4, -0.2) is 44.3 Å². The number of halogens is 1. The molecular weight excluding hydrogens is 255 g/mol. The molecule has 18 heavy (non-hydrogen) atoms. The van der Waals surface area contributed by atoms with Crippen molar-refractivity contribution in [1.29, 1.82) is 0 Å². The van der Waals surface area contributed by atoms with Gasteiger partial charge in [0.1, 0.15) is 5.67 Å². The largest absolute Gasteiger partial charge is 0.328 e. The maximum atomic E-state index is 14.4. The smallest absolute Gasteiger partial charge is 0.211 e. The van der Waals surface area contributed by atoms with Crippen molar-refractivity contribution in [3.05, 3.63) is 0 Å². The number of hydrogen-bond donors (Lipinski definition) is 1. The second-order valence-corrected chi connectivity index (χ2v) is 7.42. The van der Waals surface area contributed by atoms with Crippen molar-refractivity contribution in [3.63, 3.8) is 0 Å². The van der Waals surface area contributed by atoms with E-state index in [0.717, 1.165) is 19.3 Å². The summed E-state index contributed by atoms with van der Waals surface area (Å²) in [6.45, 7) is 2.96. The number of piperidine rings is 1. The summed E-state index contributed by atoms with van der Waals surface area (Å²) in [6, 6.07) is 0. The lowest BCUT2D eigenvalue weighted by Gasteiger charge is -2.35. The number of nitrogens with zero attached hydrogens (tertiary/aromatic N) is 1. The molecule has 1 aliphatic heterocycles. The number of rotatable bonds is 6. The van der Waals surface area contributed by atoms with E-state index in [-0.39, 0.29) is 12.5 Å². The molecule has 1 saturated heterocycles. The molecule has 0 saturated carbocycles. The minimum Gasteiger partial charge on any atom is -0.328 e. The van der Waals surface area contributed by atoms with Crippen molar-refractivity contribution in [2.24, 2.45) is 11.7 Å². The van der Waals surface area contributed by atoms with Crippen molar-refractivity contribution in [2.45, 2.75) is 44.7 Å². The van der Waals surface area contributed by atoms with Crippen LogP contribution in [0.4, 0.5) is 4.39 Å². The Kier molecular flexibility index (Phi) is 5.55. The van der Waals surface area contributed by atoms with E-state index in [1.807, 2.05) is 6.92 Å². The third-order valence-corrected chi connectivity index (χ3v) is 4.94. The zero-order valence-electron chi connectivity index (χ0n) is 11.4. The molecule has 1 aliphatic rings. The lowest BCUT2D eigenvalue weighted by Crippen LogP contribution is -2.43. The van der Waals surface area contributed by atoms with E-state index in [1.54, 1.807) is 0 Å². The second kappa shape index (κ2) is 6.30. The lowest BCUT2D eigenvalue weighted by molar-refractivity contribution is 0.0994. The van der Waals surface area contributed by atoms with E-state index < -0.39 is 15.7 Å². The molecule has 2 atom stereocenters. The summed E-state index contributed by atoms with van der Waals surface area (Å²) in [6.07, 6.45) is 4.51. The minimum absolute atomic E-state index is 0.0240. The van der Waals surface area contributed by atoms with Gasteiger partial charge in [-0.2, -0.15) is 0 Å². The van der Waals surface area contributed by atoms with Crippen LogP contribution < -0.4 is 5.73 Å². The Balaban J connectivity index is 2.62. The first-order chi connectivity index (χ1) is 8.30. The Labute approximate surface area is 110 Å². The van der Waals surface area contributed by atoms with Gasteiger partial charge in [0.05, 0.1) is 6.26 Å². The monoisotopic (exact) mass is 280 g/mol. The number of alkyl halides is 1. The molecule has 0 aliphatic carbocycles. The third-order valence-electron chi connectivity index (χ3n) is 3.67. The molecular formula is C12H25FN2O2S. The molecule has 2 unspecified atom stereocenters. The maximum absolute atomic E-state index is 14.4. The molecule has 0 aromatic heterocycles. The Morgan fingerprint density at radius 1 is 1.50 bits per heavy atom. The van der Waals surface area contributed by atoms with E-state index in [4.69, 9.17) is 5.73 Å². The van der Waals surface area contributed by atoms with Crippen LogP contribution in [-0.2, 0) is 10.0 Å². The van der Waals surface area contributed by atoms with Crippen molar-refractivity contribution < 1.29 is 12.8 Å². The highest BCUT2D eigenvalue weighted by molar-refractivity contribution is 7.88. The predicted molar refractivity (Wildman–Crippen MR) is 71.6 cm³/mol. The zero-order valence-corrected chi connectivity index (χ0v) is 12.2. The Morgan fingerprint density at radius 2 is 2.17 bits per heavy atom. The van der Waals surface area contributed by atoms with E-state index in [2.05, 4.69) is 0 Å². The number of sulfonamides is 1. The standard InChI is InChI=1S/C12H25FN2O2S/c1-3-6-12(13,10-14)8-11-5-4-7-15(9-11)18(2,16)17/h11H,3-10,14H2,1-2H3. The SMILES string of the molecule is CCCC(F)(CN)CC1CCCN(S(C)(=O)=O)C1. The number of nitrogens with two attached hydrogens (primary N) is 1. The van der Waals surface area contributed by atoms with E-state index in [0.29, 0.717) is 25.9 Å². The van der Waals surface area contributed by atoms with E-state index in [1.165, 1.54) is 10.6 Å². The van der Waals surface area contributed by atoms with E-state index >= 15 is 0 Å². The van der Waals surface area contributed by atoms with Crippen LogP contribution in [0.25, 0.3) is 0 Å². The van der Waals surface area contributed by atoms with Gasteiger partial charge in [-0.25, -0.2) is 17.1 Å². The first-order valence-corrected chi connectivity index (χ1v) is 8.49. The molecule has 1 fully saturated rings. The van der Waals surface area contributed by atoms with Gasteiger partial charge < -0.3 is 5.73 Å². The first-order valence-electron chi connectivity index (χ1n) is 6.65. The average molecular weight is 280 g/mol. The van der Waals surface area contributed by atoms with Crippen LogP contribution in [0.3, 0.4) is 0 Å². The van der Waals surface area contributed by atoms with Crippen molar-refractivity contribution in [1.82, 2.24) is 4.31 Å². The van der Waals surface area contributed by atoms with Crippen LogP contribution in [0.2, 0.25) is 0 Å². The first kappa shape index (κ1) is 15.9. The fourth-order valence-corrected chi connectivity index (χ4v) is 3.69. The van der Waals surface area contributed by atoms with Gasteiger partial charge in [-0.05, 0) is 31.6 Å². The zero-order chi connectivity index (χ0) is 13.8. The van der Waals surface area contributed by atoms with Gasteiger partial charge in [-0.3, -0.25) is 0 Å². The lowest BCUT2D eigenvalue weighted by atomic mass is 9.85. The normalized spacial score (nSPS) is 25.9. The molecule has 2 N–H and O–H groups in total. The highest BCUT2D eigenvalue weighted by Crippen LogP contribution is 2.31. The summed E-state index contributed by atoms with van der Waals surface area (Å²) < 4.78 is 38.9. The Hall–Kier alpha value is -0.200.